The third-order valence-corrected chi connectivity index (χ3v) is 3.03. The fraction of sp³-hybridized carbons (Fsp3) is 0.267. The van der Waals surface area contributed by atoms with E-state index in [0.717, 1.165) is 0 Å². The minimum absolute atomic E-state index is 0. The molecule has 1 atom stereocenters. The van der Waals surface area contributed by atoms with E-state index in [1.165, 1.54) is 0 Å². The van der Waals surface area contributed by atoms with Crippen LogP contribution in [0.2, 0.25) is 0 Å². The van der Waals surface area contributed by atoms with Gasteiger partial charge in [0, 0.05) is 19.0 Å². The van der Waals surface area contributed by atoms with Gasteiger partial charge in [0.25, 0.3) is 0 Å². The minimum atomic E-state index is -1.46. The summed E-state index contributed by atoms with van der Waals surface area (Å²) in [5.41, 5.74) is -0.875. The first-order valence-corrected chi connectivity index (χ1v) is 6.21. The molecule has 0 bridgehead atoms. The van der Waals surface area contributed by atoms with E-state index in [2.05, 4.69) is 0 Å². The molecule has 20 heavy (non-hydrogen) atoms. The Bertz CT molecular complexity index is 527. The summed E-state index contributed by atoms with van der Waals surface area (Å²) in [6, 6.07) is 12.6. The number of ether oxygens (including phenoxy) is 1. The zero-order valence-electron chi connectivity index (χ0n) is 11.8. The summed E-state index contributed by atoms with van der Waals surface area (Å²) >= 11 is 0. The van der Waals surface area contributed by atoms with Crippen LogP contribution in [-0.2, 0) is 21.7 Å². The van der Waals surface area contributed by atoms with Crippen molar-refractivity contribution in [1.82, 2.24) is 4.57 Å². The normalized spacial score (nSPS) is 13.2. The van der Waals surface area contributed by atoms with Gasteiger partial charge in [-0.05, 0) is 24.6 Å². The number of benzene rings is 1. The van der Waals surface area contributed by atoms with Gasteiger partial charge < -0.3 is 19.2 Å². The molecule has 5 heteroatoms. The van der Waals surface area contributed by atoms with Crippen molar-refractivity contribution in [2.75, 3.05) is 6.61 Å². The fourth-order valence-electron chi connectivity index (χ4n) is 2.15. The maximum absolute atomic E-state index is 11.7. The number of hydrogen-bond donors (Lipinski definition) is 0. The van der Waals surface area contributed by atoms with Gasteiger partial charge in [0.05, 0.1) is 12.5 Å². The molecule has 1 aromatic heterocycles. The second-order valence-electron chi connectivity index (χ2n) is 4.27. The van der Waals surface area contributed by atoms with Crippen LogP contribution in [0.4, 0.5) is 0 Å². The van der Waals surface area contributed by atoms with Crippen molar-refractivity contribution in [3.63, 3.8) is 0 Å². The third kappa shape index (κ3) is 3.52. The Balaban J connectivity index is 0.00000200. The predicted molar refractivity (Wildman–Crippen MR) is 69.2 cm³/mol. The Kier molecular flexibility index (Phi) is 6.49. The second-order valence-corrected chi connectivity index (χ2v) is 4.27. The fourth-order valence-corrected chi connectivity index (χ4v) is 2.15. The quantitative estimate of drug-likeness (QED) is 0.586. The molecule has 0 radical (unpaired) electrons. The molecule has 0 saturated heterocycles. The molecule has 0 saturated carbocycles. The van der Waals surface area contributed by atoms with Crippen LogP contribution < -0.4 is 34.7 Å². The van der Waals surface area contributed by atoms with E-state index in [1.807, 2.05) is 18.2 Å². The first-order valence-electron chi connectivity index (χ1n) is 6.21. The summed E-state index contributed by atoms with van der Waals surface area (Å²) in [5.74, 6) is -1.23. The van der Waals surface area contributed by atoms with Gasteiger partial charge in [0.2, 0.25) is 0 Å². The summed E-state index contributed by atoms with van der Waals surface area (Å²) in [4.78, 5) is 11.7. The van der Waals surface area contributed by atoms with E-state index in [0.29, 0.717) is 12.2 Å². The molecule has 100 valence electrons. The number of nitrogens with zero attached hydrogens (tertiary/aromatic N) is 1. The number of carboxylic acids is 1. The van der Waals surface area contributed by atoms with Crippen molar-refractivity contribution in [3.8, 4) is 0 Å². The Labute approximate surface area is 140 Å². The van der Waals surface area contributed by atoms with E-state index in [9.17, 15) is 9.90 Å². The van der Waals surface area contributed by atoms with Gasteiger partial charge in [-0.1, -0.05) is 30.3 Å². The van der Waals surface area contributed by atoms with Gasteiger partial charge in [-0.3, -0.25) is 0 Å². The molecule has 0 N–H and O–H groups in total. The zero-order valence-corrected chi connectivity index (χ0v) is 13.8. The monoisotopic (exact) mass is 281 g/mol. The van der Waals surface area contributed by atoms with Gasteiger partial charge >= 0.3 is 29.6 Å². The van der Waals surface area contributed by atoms with Crippen LogP contribution >= 0.6 is 0 Å². The van der Waals surface area contributed by atoms with Crippen LogP contribution in [-0.4, -0.2) is 17.1 Å². The van der Waals surface area contributed by atoms with Crippen LogP contribution in [0.15, 0.2) is 54.9 Å². The molecule has 0 amide bonds. The Morgan fingerprint density at radius 1 is 1.20 bits per heavy atom. The van der Waals surface area contributed by atoms with E-state index in [-0.39, 0.29) is 36.1 Å². The topological polar surface area (TPSA) is 54.3 Å². The van der Waals surface area contributed by atoms with Crippen molar-refractivity contribution >= 4 is 5.97 Å². The van der Waals surface area contributed by atoms with E-state index in [4.69, 9.17) is 4.74 Å². The van der Waals surface area contributed by atoms with E-state index < -0.39 is 11.6 Å². The van der Waals surface area contributed by atoms with Crippen molar-refractivity contribution < 1.29 is 44.2 Å². The number of rotatable bonds is 6. The van der Waals surface area contributed by atoms with Gasteiger partial charge in [0.1, 0.15) is 5.60 Å². The smallest absolute Gasteiger partial charge is 0.547 e. The van der Waals surface area contributed by atoms with Crippen molar-refractivity contribution in [1.29, 1.82) is 0 Å². The first kappa shape index (κ1) is 17.0. The molecule has 0 fully saturated rings. The van der Waals surface area contributed by atoms with Gasteiger partial charge in [-0.25, -0.2) is 0 Å². The van der Waals surface area contributed by atoms with Crippen molar-refractivity contribution in [2.45, 2.75) is 19.1 Å². The summed E-state index contributed by atoms with van der Waals surface area (Å²) in [6.07, 6.45) is 3.61. The molecule has 0 aliphatic heterocycles. The SMILES string of the molecule is CCOC(Cn1cccc1)(C(=O)[O-])c1ccccc1.[Na+]. The molecule has 2 rings (SSSR count). The predicted octanol–water partition coefficient (Wildman–Crippen LogP) is -1.83. The maximum Gasteiger partial charge on any atom is 1.00 e. The minimum Gasteiger partial charge on any atom is -0.547 e. The van der Waals surface area contributed by atoms with E-state index >= 15 is 0 Å². The maximum atomic E-state index is 11.7. The first-order chi connectivity index (χ1) is 9.19. The standard InChI is InChI=1S/C15H17NO3.Na/c1-2-19-15(14(17)18,12-16-10-6-7-11-16)13-8-4-3-5-9-13;/h3-11H,2,12H2,1H3,(H,17,18);/q;+1/p-1. The summed E-state index contributed by atoms with van der Waals surface area (Å²) in [5, 5.41) is 11.7. The molecule has 4 nitrogen and oxygen atoms in total. The molecule has 0 spiro atoms. The molecule has 0 aliphatic rings. The van der Waals surface area contributed by atoms with E-state index in [1.54, 1.807) is 48.1 Å². The zero-order chi connectivity index (χ0) is 13.7. The molecular weight excluding hydrogens is 265 g/mol. The second kappa shape index (κ2) is 7.64. The molecule has 1 unspecified atom stereocenters. The number of carboxylic acid groups (broad SMARTS) is 1. The van der Waals surface area contributed by atoms with Crippen LogP contribution in [0.1, 0.15) is 12.5 Å². The van der Waals surface area contributed by atoms with Gasteiger partial charge in [0.15, 0.2) is 0 Å². The number of aliphatic carboxylic acids is 1. The van der Waals surface area contributed by atoms with Crippen LogP contribution in [0, 0.1) is 0 Å². The average Bonchev–Trinajstić information content (AvgIpc) is 2.91. The Morgan fingerprint density at radius 3 is 2.30 bits per heavy atom. The molecule has 1 heterocycles. The number of hydrogen-bond acceptors (Lipinski definition) is 3. The van der Waals surface area contributed by atoms with Crippen LogP contribution in [0.25, 0.3) is 0 Å². The number of carbonyl (C=O) groups is 1. The average molecular weight is 281 g/mol. The molecule has 1 aromatic carbocycles. The Morgan fingerprint density at radius 2 is 1.80 bits per heavy atom. The van der Waals surface area contributed by atoms with Crippen LogP contribution in [0.5, 0.6) is 0 Å². The molecular formula is C15H16NNaO3. The van der Waals surface area contributed by atoms with Gasteiger partial charge in [-0.15, -0.1) is 0 Å². The summed E-state index contributed by atoms with van der Waals surface area (Å²) < 4.78 is 7.34. The summed E-state index contributed by atoms with van der Waals surface area (Å²) in [7, 11) is 0. The number of aromatic nitrogens is 1. The summed E-state index contributed by atoms with van der Waals surface area (Å²) in [6.45, 7) is 2.25. The number of carbonyl (C=O) groups excluding carboxylic acids is 1. The van der Waals surface area contributed by atoms with Crippen molar-refractivity contribution in [2.24, 2.45) is 0 Å². The Hall–Kier alpha value is -1.07. The third-order valence-electron chi connectivity index (χ3n) is 3.03. The van der Waals surface area contributed by atoms with Gasteiger partial charge in [-0.2, -0.15) is 0 Å². The van der Waals surface area contributed by atoms with Crippen LogP contribution in [0.3, 0.4) is 0 Å². The van der Waals surface area contributed by atoms with Crippen molar-refractivity contribution in [3.05, 3.63) is 60.4 Å². The largest absolute Gasteiger partial charge is 1.00 e. The molecule has 2 aromatic rings. The molecule has 0 aliphatic carbocycles.